The number of benzene rings is 2. The summed E-state index contributed by atoms with van der Waals surface area (Å²) in [6.07, 6.45) is -0.661. The average Bonchev–Trinajstić information content (AvgIpc) is 2.75. The van der Waals surface area contributed by atoms with Gasteiger partial charge in [-0.25, -0.2) is 8.78 Å². The maximum atomic E-state index is 13.4. The first-order valence-corrected chi connectivity index (χ1v) is 9.84. The molecule has 30 heavy (non-hydrogen) atoms. The number of hydrogen-bond donors (Lipinski definition) is 2. The van der Waals surface area contributed by atoms with Crippen LogP contribution in [0.4, 0.5) is 14.5 Å². The molecule has 1 aliphatic rings. The molecule has 0 aliphatic carbocycles. The van der Waals surface area contributed by atoms with Crippen molar-refractivity contribution in [3.8, 4) is 5.75 Å². The number of hydrogen-bond acceptors (Lipinski definition) is 5. The number of rotatable bonds is 6. The molecule has 1 aromatic heterocycles. The highest BCUT2D eigenvalue weighted by molar-refractivity contribution is 5.79. The Balaban J connectivity index is 1.26. The van der Waals surface area contributed by atoms with Crippen LogP contribution in [0.5, 0.6) is 5.75 Å². The molecular weight excluding hydrogens is 392 g/mol. The highest BCUT2D eigenvalue weighted by Gasteiger charge is 2.20. The molecule has 1 aliphatic heterocycles. The lowest BCUT2D eigenvalue weighted by molar-refractivity contribution is 0.0663. The number of aliphatic hydroxyl groups is 1. The van der Waals surface area contributed by atoms with Crippen LogP contribution in [0.2, 0.25) is 0 Å². The first kappa shape index (κ1) is 20.3. The number of pyridine rings is 1. The van der Waals surface area contributed by atoms with Crippen molar-refractivity contribution < 1.29 is 18.6 Å². The number of aromatic amines is 1. The minimum absolute atomic E-state index is 0.151. The van der Waals surface area contributed by atoms with E-state index in [4.69, 9.17) is 4.74 Å². The lowest BCUT2D eigenvalue weighted by atomic mass is 10.2. The van der Waals surface area contributed by atoms with Gasteiger partial charge in [-0.1, -0.05) is 0 Å². The number of H-pyrrole nitrogens is 1. The maximum absolute atomic E-state index is 13.4. The fourth-order valence-electron chi connectivity index (χ4n) is 3.64. The molecule has 0 amide bonds. The van der Waals surface area contributed by atoms with E-state index in [0.29, 0.717) is 44.2 Å². The van der Waals surface area contributed by atoms with Crippen LogP contribution in [0.15, 0.2) is 53.3 Å². The highest BCUT2D eigenvalue weighted by Crippen LogP contribution is 2.20. The van der Waals surface area contributed by atoms with Crippen molar-refractivity contribution in [2.24, 2.45) is 0 Å². The summed E-state index contributed by atoms with van der Waals surface area (Å²) in [6.45, 7) is 3.37. The van der Waals surface area contributed by atoms with Crippen LogP contribution in [0.25, 0.3) is 10.9 Å². The van der Waals surface area contributed by atoms with E-state index in [0.717, 1.165) is 17.0 Å². The fourth-order valence-corrected chi connectivity index (χ4v) is 3.64. The second kappa shape index (κ2) is 8.81. The number of piperazine rings is 1. The van der Waals surface area contributed by atoms with Gasteiger partial charge < -0.3 is 19.7 Å². The lowest BCUT2D eigenvalue weighted by Crippen LogP contribution is -2.49. The summed E-state index contributed by atoms with van der Waals surface area (Å²) in [4.78, 5) is 18.2. The predicted molar refractivity (Wildman–Crippen MR) is 111 cm³/mol. The molecule has 8 heteroatoms. The van der Waals surface area contributed by atoms with Crippen molar-refractivity contribution in [1.82, 2.24) is 9.88 Å². The van der Waals surface area contributed by atoms with E-state index in [1.54, 1.807) is 24.3 Å². The second-order valence-corrected chi connectivity index (χ2v) is 7.42. The highest BCUT2D eigenvalue weighted by atomic mass is 19.2. The third kappa shape index (κ3) is 4.77. The summed E-state index contributed by atoms with van der Waals surface area (Å²) in [6, 6.07) is 12.5. The predicted octanol–water partition coefficient (Wildman–Crippen LogP) is 2.37. The Bertz CT molecular complexity index is 1080. The van der Waals surface area contributed by atoms with Gasteiger partial charge in [0.25, 0.3) is 0 Å². The van der Waals surface area contributed by atoms with E-state index in [-0.39, 0.29) is 12.2 Å². The van der Waals surface area contributed by atoms with Gasteiger partial charge in [-0.05, 0) is 36.4 Å². The SMILES string of the molecule is O=c1ccc2cc(OCC(O)CN3CCN(c4ccc(F)c(F)c4)CC3)ccc2[nH]1. The monoisotopic (exact) mass is 415 g/mol. The molecule has 2 aromatic carbocycles. The summed E-state index contributed by atoms with van der Waals surface area (Å²) in [7, 11) is 0. The van der Waals surface area contributed by atoms with E-state index in [9.17, 15) is 18.7 Å². The smallest absolute Gasteiger partial charge is 0.248 e. The molecule has 0 spiro atoms. The quantitative estimate of drug-likeness (QED) is 0.647. The average molecular weight is 415 g/mol. The number of anilines is 1. The molecule has 1 fully saturated rings. The van der Waals surface area contributed by atoms with Gasteiger partial charge in [0, 0.05) is 61.4 Å². The molecule has 1 saturated heterocycles. The number of β-amino-alcohol motifs (C(OH)–C–C–N with tert-alkyl or cyclic N) is 1. The summed E-state index contributed by atoms with van der Waals surface area (Å²) in [5.74, 6) is -1.07. The zero-order valence-corrected chi connectivity index (χ0v) is 16.4. The first-order chi connectivity index (χ1) is 14.5. The standard InChI is InChI=1S/C22H23F2N3O3/c23-19-4-2-16(12-20(19)24)27-9-7-26(8-10-27)13-17(28)14-30-18-3-5-21-15(11-18)1-6-22(29)25-21/h1-6,11-12,17,28H,7-10,13-14H2,(H,25,29). The van der Waals surface area contributed by atoms with Crippen molar-refractivity contribution in [2.45, 2.75) is 6.10 Å². The molecule has 0 radical (unpaired) electrons. The third-order valence-electron chi connectivity index (χ3n) is 5.25. The molecular formula is C22H23F2N3O3. The van der Waals surface area contributed by atoms with Crippen LogP contribution < -0.4 is 15.2 Å². The van der Waals surface area contributed by atoms with Gasteiger partial charge in [-0.15, -0.1) is 0 Å². The Morgan fingerprint density at radius 2 is 1.80 bits per heavy atom. The van der Waals surface area contributed by atoms with Gasteiger partial charge in [0.2, 0.25) is 5.56 Å². The Morgan fingerprint density at radius 3 is 2.57 bits per heavy atom. The summed E-state index contributed by atoms with van der Waals surface area (Å²) in [5, 5.41) is 11.2. The van der Waals surface area contributed by atoms with Crippen LogP contribution in [0.3, 0.4) is 0 Å². The molecule has 2 heterocycles. The molecule has 1 atom stereocenters. The topological polar surface area (TPSA) is 68.8 Å². The van der Waals surface area contributed by atoms with Gasteiger partial charge in [0.1, 0.15) is 18.5 Å². The Kier molecular flexibility index (Phi) is 5.96. The number of halogens is 2. The van der Waals surface area contributed by atoms with Crippen LogP contribution in [0.1, 0.15) is 0 Å². The van der Waals surface area contributed by atoms with E-state index >= 15 is 0 Å². The zero-order chi connectivity index (χ0) is 21.1. The van der Waals surface area contributed by atoms with E-state index in [1.165, 1.54) is 12.1 Å². The minimum atomic E-state index is -0.847. The number of aromatic nitrogens is 1. The minimum Gasteiger partial charge on any atom is -0.491 e. The van der Waals surface area contributed by atoms with Crippen LogP contribution in [0, 0.1) is 11.6 Å². The Morgan fingerprint density at radius 1 is 1.00 bits per heavy atom. The van der Waals surface area contributed by atoms with Gasteiger partial charge >= 0.3 is 0 Å². The molecule has 158 valence electrons. The van der Waals surface area contributed by atoms with Crippen molar-refractivity contribution in [1.29, 1.82) is 0 Å². The van der Waals surface area contributed by atoms with Crippen molar-refractivity contribution >= 4 is 16.6 Å². The molecule has 0 bridgehead atoms. The maximum Gasteiger partial charge on any atom is 0.248 e. The molecule has 4 rings (SSSR count). The van der Waals surface area contributed by atoms with Crippen molar-refractivity contribution in [2.75, 3.05) is 44.2 Å². The normalized spacial score (nSPS) is 16.0. The summed E-state index contributed by atoms with van der Waals surface area (Å²) < 4.78 is 32.2. The molecule has 3 aromatic rings. The largest absolute Gasteiger partial charge is 0.491 e. The van der Waals surface area contributed by atoms with Gasteiger partial charge in [0.05, 0.1) is 0 Å². The third-order valence-corrected chi connectivity index (χ3v) is 5.25. The van der Waals surface area contributed by atoms with E-state index in [1.807, 2.05) is 11.0 Å². The summed E-state index contributed by atoms with van der Waals surface area (Å²) in [5.41, 5.74) is 1.24. The first-order valence-electron chi connectivity index (χ1n) is 9.84. The fraction of sp³-hybridized carbons (Fsp3) is 0.318. The number of nitrogens with zero attached hydrogens (tertiary/aromatic N) is 2. The molecule has 0 saturated carbocycles. The number of aliphatic hydroxyl groups excluding tert-OH is 1. The molecule has 2 N–H and O–H groups in total. The number of nitrogens with one attached hydrogen (secondary N) is 1. The zero-order valence-electron chi connectivity index (χ0n) is 16.4. The van der Waals surface area contributed by atoms with Crippen molar-refractivity contribution in [3.63, 3.8) is 0 Å². The summed E-state index contributed by atoms with van der Waals surface area (Å²) >= 11 is 0. The second-order valence-electron chi connectivity index (χ2n) is 7.42. The number of fused-ring (bicyclic) bond motifs is 1. The lowest BCUT2D eigenvalue weighted by Gasteiger charge is -2.36. The molecule has 1 unspecified atom stereocenters. The van der Waals surface area contributed by atoms with E-state index < -0.39 is 17.7 Å². The Labute approximate surface area is 172 Å². The van der Waals surface area contributed by atoms with E-state index in [2.05, 4.69) is 9.88 Å². The van der Waals surface area contributed by atoms with Gasteiger partial charge in [-0.3, -0.25) is 9.69 Å². The van der Waals surface area contributed by atoms with Gasteiger partial charge in [0.15, 0.2) is 11.6 Å². The molecule has 6 nitrogen and oxygen atoms in total. The van der Waals surface area contributed by atoms with Gasteiger partial charge in [-0.2, -0.15) is 0 Å². The number of ether oxygens (including phenoxy) is 1. The van der Waals surface area contributed by atoms with Crippen LogP contribution in [-0.2, 0) is 0 Å². The Hall–Kier alpha value is -2.97. The van der Waals surface area contributed by atoms with Crippen LogP contribution in [-0.4, -0.2) is 60.4 Å². The van der Waals surface area contributed by atoms with Crippen LogP contribution >= 0.6 is 0 Å². The van der Waals surface area contributed by atoms with Crippen molar-refractivity contribution in [3.05, 3.63) is 70.5 Å².